The molecule has 0 aromatic carbocycles. The Morgan fingerprint density at radius 2 is 2.39 bits per heavy atom. The van der Waals surface area contributed by atoms with Crippen molar-refractivity contribution in [3.8, 4) is 0 Å². The van der Waals surface area contributed by atoms with E-state index in [1.54, 1.807) is 0 Å². The van der Waals surface area contributed by atoms with Gasteiger partial charge in [-0.1, -0.05) is 6.92 Å². The molecule has 1 fully saturated rings. The van der Waals surface area contributed by atoms with Crippen molar-refractivity contribution in [1.29, 1.82) is 0 Å². The van der Waals surface area contributed by atoms with Crippen LogP contribution in [0.3, 0.4) is 0 Å². The summed E-state index contributed by atoms with van der Waals surface area (Å²) in [5.74, 6) is 0. The zero-order valence-corrected chi connectivity index (χ0v) is 11.5. The third-order valence-electron chi connectivity index (χ3n) is 3.67. The Bertz CT molecular complexity index is 381. The SMILES string of the molecule is CCN1CCOC(CNC)C1c1cnccc1C. The van der Waals surface area contributed by atoms with Gasteiger partial charge in [-0.3, -0.25) is 9.88 Å². The van der Waals surface area contributed by atoms with E-state index in [2.05, 4.69) is 35.1 Å². The summed E-state index contributed by atoms with van der Waals surface area (Å²) in [6, 6.07) is 2.39. The van der Waals surface area contributed by atoms with E-state index in [0.717, 1.165) is 26.2 Å². The van der Waals surface area contributed by atoms with Crippen molar-refractivity contribution < 1.29 is 4.74 Å². The lowest BCUT2D eigenvalue weighted by atomic mass is 9.96. The standard InChI is InChI=1S/C14H23N3O/c1-4-17-7-8-18-13(10-15-3)14(17)12-9-16-6-5-11(12)2/h5-6,9,13-15H,4,7-8,10H2,1-3H3. The van der Waals surface area contributed by atoms with Crippen molar-refractivity contribution in [2.45, 2.75) is 26.0 Å². The van der Waals surface area contributed by atoms with Crippen molar-refractivity contribution in [2.75, 3.05) is 33.3 Å². The first-order valence-electron chi connectivity index (χ1n) is 6.68. The van der Waals surface area contributed by atoms with Gasteiger partial charge in [0.15, 0.2) is 0 Å². The van der Waals surface area contributed by atoms with Gasteiger partial charge in [-0.25, -0.2) is 0 Å². The lowest BCUT2D eigenvalue weighted by Crippen LogP contribution is -2.48. The second-order valence-electron chi connectivity index (χ2n) is 4.77. The van der Waals surface area contributed by atoms with Crippen LogP contribution in [-0.4, -0.2) is 49.3 Å². The number of hydrogen-bond donors (Lipinski definition) is 1. The molecule has 1 aliphatic rings. The highest BCUT2D eigenvalue weighted by molar-refractivity contribution is 5.26. The minimum Gasteiger partial charge on any atom is -0.374 e. The summed E-state index contributed by atoms with van der Waals surface area (Å²) in [5.41, 5.74) is 2.58. The molecule has 2 heterocycles. The molecule has 1 saturated heterocycles. The van der Waals surface area contributed by atoms with Gasteiger partial charge in [-0.2, -0.15) is 0 Å². The van der Waals surface area contributed by atoms with Crippen molar-refractivity contribution in [1.82, 2.24) is 15.2 Å². The molecule has 1 aromatic rings. The number of nitrogens with zero attached hydrogens (tertiary/aromatic N) is 2. The van der Waals surface area contributed by atoms with Crippen LogP contribution in [0.25, 0.3) is 0 Å². The molecule has 1 aliphatic heterocycles. The van der Waals surface area contributed by atoms with E-state index in [1.807, 2.05) is 19.4 Å². The summed E-state index contributed by atoms with van der Waals surface area (Å²) in [5, 5.41) is 3.23. The number of rotatable bonds is 4. The number of likely N-dealkylation sites (N-methyl/N-ethyl adjacent to an activating group) is 2. The van der Waals surface area contributed by atoms with Gasteiger partial charge >= 0.3 is 0 Å². The van der Waals surface area contributed by atoms with Crippen molar-refractivity contribution >= 4 is 0 Å². The number of hydrogen-bond acceptors (Lipinski definition) is 4. The molecule has 0 spiro atoms. The molecule has 2 rings (SSSR count). The van der Waals surface area contributed by atoms with Gasteiger partial charge in [0, 0.05) is 25.5 Å². The largest absolute Gasteiger partial charge is 0.374 e. The lowest BCUT2D eigenvalue weighted by Gasteiger charge is -2.41. The van der Waals surface area contributed by atoms with E-state index in [9.17, 15) is 0 Å². The summed E-state index contributed by atoms with van der Waals surface area (Å²) in [6.07, 6.45) is 4.04. The number of nitrogens with one attached hydrogen (secondary N) is 1. The minimum absolute atomic E-state index is 0.201. The van der Waals surface area contributed by atoms with Crippen LogP contribution in [0.15, 0.2) is 18.5 Å². The molecule has 18 heavy (non-hydrogen) atoms. The fourth-order valence-electron chi connectivity index (χ4n) is 2.70. The summed E-state index contributed by atoms with van der Waals surface area (Å²) >= 11 is 0. The van der Waals surface area contributed by atoms with Crippen LogP contribution in [-0.2, 0) is 4.74 Å². The van der Waals surface area contributed by atoms with Crippen LogP contribution in [0.4, 0.5) is 0 Å². The zero-order chi connectivity index (χ0) is 13.0. The monoisotopic (exact) mass is 249 g/mol. The molecule has 100 valence electrons. The zero-order valence-electron chi connectivity index (χ0n) is 11.5. The second kappa shape index (κ2) is 6.27. The topological polar surface area (TPSA) is 37.4 Å². The van der Waals surface area contributed by atoms with Gasteiger partial charge in [0.1, 0.15) is 0 Å². The third kappa shape index (κ3) is 2.71. The predicted octanol–water partition coefficient (Wildman–Crippen LogP) is 1.37. The van der Waals surface area contributed by atoms with E-state index in [-0.39, 0.29) is 6.10 Å². The Balaban J connectivity index is 2.30. The Kier molecular flexibility index (Phi) is 4.69. The number of aryl methyl sites for hydroxylation is 1. The highest BCUT2D eigenvalue weighted by atomic mass is 16.5. The van der Waals surface area contributed by atoms with Crippen LogP contribution < -0.4 is 5.32 Å². The molecule has 2 unspecified atom stereocenters. The first kappa shape index (κ1) is 13.5. The lowest BCUT2D eigenvalue weighted by molar-refractivity contribution is -0.0689. The summed E-state index contributed by atoms with van der Waals surface area (Å²) < 4.78 is 5.94. The van der Waals surface area contributed by atoms with Crippen LogP contribution in [0.5, 0.6) is 0 Å². The van der Waals surface area contributed by atoms with Crippen molar-refractivity contribution in [2.24, 2.45) is 0 Å². The smallest absolute Gasteiger partial charge is 0.0897 e. The summed E-state index contributed by atoms with van der Waals surface area (Å²) in [4.78, 5) is 6.76. The Hall–Kier alpha value is -0.970. The van der Waals surface area contributed by atoms with E-state index in [4.69, 9.17) is 4.74 Å². The van der Waals surface area contributed by atoms with E-state index < -0.39 is 0 Å². The van der Waals surface area contributed by atoms with Crippen LogP contribution in [0.1, 0.15) is 24.1 Å². The normalized spacial score (nSPS) is 25.3. The van der Waals surface area contributed by atoms with Crippen molar-refractivity contribution in [3.63, 3.8) is 0 Å². The predicted molar refractivity (Wildman–Crippen MR) is 72.6 cm³/mol. The highest BCUT2D eigenvalue weighted by Gasteiger charge is 2.33. The fourth-order valence-corrected chi connectivity index (χ4v) is 2.70. The number of aromatic nitrogens is 1. The molecule has 1 aromatic heterocycles. The average Bonchev–Trinajstić information content (AvgIpc) is 2.40. The van der Waals surface area contributed by atoms with E-state index in [0.29, 0.717) is 6.04 Å². The van der Waals surface area contributed by atoms with Gasteiger partial charge in [-0.15, -0.1) is 0 Å². The maximum atomic E-state index is 5.94. The van der Waals surface area contributed by atoms with Crippen LogP contribution in [0, 0.1) is 6.92 Å². The first-order valence-corrected chi connectivity index (χ1v) is 6.68. The summed E-state index contributed by atoms with van der Waals surface area (Å²) in [6.45, 7) is 8.08. The molecule has 0 bridgehead atoms. The average molecular weight is 249 g/mol. The molecule has 2 atom stereocenters. The van der Waals surface area contributed by atoms with Gasteiger partial charge in [0.05, 0.1) is 18.8 Å². The molecule has 0 aliphatic carbocycles. The van der Waals surface area contributed by atoms with Crippen LogP contribution >= 0.6 is 0 Å². The highest BCUT2D eigenvalue weighted by Crippen LogP contribution is 2.30. The van der Waals surface area contributed by atoms with Gasteiger partial charge in [0.2, 0.25) is 0 Å². The molecule has 0 saturated carbocycles. The Morgan fingerprint density at radius 1 is 1.56 bits per heavy atom. The van der Waals surface area contributed by atoms with Crippen molar-refractivity contribution in [3.05, 3.63) is 29.6 Å². The summed E-state index contributed by atoms with van der Waals surface area (Å²) in [7, 11) is 1.97. The molecule has 4 heteroatoms. The Morgan fingerprint density at radius 3 is 3.06 bits per heavy atom. The van der Waals surface area contributed by atoms with Gasteiger partial charge in [-0.05, 0) is 37.7 Å². The van der Waals surface area contributed by atoms with Gasteiger partial charge in [0.25, 0.3) is 0 Å². The van der Waals surface area contributed by atoms with E-state index >= 15 is 0 Å². The van der Waals surface area contributed by atoms with Crippen LogP contribution in [0.2, 0.25) is 0 Å². The van der Waals surface area contributed by atoms with E-state index in [1.165, 1.54) is 11.1 Å². The molecule has 1 N–H and O–H groups in total. The Labute approximate surface area is 109 Å². The molecule has 4 nitrogen and oxygen atoms in total. The molecule has 0 radical (unpaired) electrons. The van der Waals surface area contributed by atoms with Gasteiger partial charge < -0.3 is 10.1 Å². The molecular formula is C14H23N3O. The first-order chi connectivity index (χ1) is 8.77. The number of morpholine rings is 1. The fraction of sp³-hybridized carbons (Fsp3) is 0.643. The quantitative estimate of drug-likeness (QED) is 0.874. The second-order valence-corrected chi connectivity index (χ2v) is 4.77. The number of ether oxygens (including phenoxy) is 1. The number of pyridine rings is 1. The minimum atomic E-state index is 0.201. The third-order valence-corrected chi connectivity index (χ3v) is 3.67. The molecular weight excluding hydrogens is 226 g/mol. The maximum Gasteiger partial charge on any atom is 0.0897 e. The maximum absolute atomic E-state index is 5.94. The molecule has 0 amide bonds.